The highest BCUT2D eigenvalue weighted by atomic mass is 32.2. The minimum absolute atomic E-state index is 0.0322. The molecule has 0 bridgehead atoms. The molecule has 0 aliphatic carbocycles. The molecule has 1 heterocycles. The van der Waals surface area contributed by atoms with Crippen molar-refractivity contribution in [3.8, 4) is 11.8 Å². The van der Waals surface area contributed by atoms with Crippen LogP contribution in [0.4, 0.5) is 11.6 Å². The molecule has 0 aliphatic heterocycles. The van der Waals surface area contributed by atoms with E-state index in [0.717, 1.165) is 18.6 Å². The van der Waals surface area contributed by atoms with Gasteiger partial charge in [0.25, 0.3) is 15.9 Å². The molecule has 0 saturated heterocycles. The number of benzene rings is 2. The first-order chi connectivity index (χ1) is 16.4. The molecule has 1 amide bonds. The lowest BCUT2D eigenvalue weighted by Crippen LogP contribution is -2.16. The van der Waals surface area contributed by atoms with Crippen molar-refractivity contribution in [2.75, 3.05) is 16.6 Å². The van der Waals surface area contributed by atoms with E-state index in [4.69, 9.17) is 4.74 Å². The summed E-state index contributed by atoms with van der Waals surface area (Å²) in [5, 5.41) is 12.0. The van der Waals surface area contributed by atoms with E-state index < -0.39 is 15.9 Å². The molecule has 2 N–H and O–H groups in total. The van der Waals surface area contributed by atoms with Crippen LogP contribution in [0.5, 0.6) is 5.75 Å². The topological polar surface area (TPSA) is 134 Å². The van der Waals surface area contributed by atoms with Crippen LogP contribution >= 0.6 is 0 Å². The Bertz CT molecular complexity index is 1280. The summed E-state index contributed by atoms with van der Waals surface area (Å²) in [6.45, 7) is 2.72. The number of hydrogen-bond donors (Lipinski definition) is 2. The number of amides is 1. The van der Waals surface area contributed by atoms with E-state index in [1.165, 1.54) is 42.7 Å². The zero-order valence-corrected chi connectivity index (χ0v) is 19.2. The fraction of sp³-hybridized carbons (Fsp3) is 0.167. The second kappa shape index (κ2) is 11.6. The van der Waals surface area contributed by atoms with Gasteiger partial charge < -0.3 is 10.1 Å². The molecule has 0 spiro atoms. The summed E-state index contributed by atoms with van der Waals surface area (Å²) in [6, 6.07) is 16.0. The van der Waals surface area contributed by atoms with Crippen LogP contribution in [0.2, 0.25) is 0 Å². The largest absolute Gasteiger partial charge is 0.494 e. The molecule has 0 saturated carbocycles. The van der Waals surface area contributed by atoms with Crippen molar-refractivity contribution >= 4 is 33.6 Å². The summed E-state index contributed by atoms with van der Waals surface area (Å²) >= 11 is 0. The van der Waals surface area contributed by atoms with Gasteiger partial charge in [0.1, 0.15) is 17.4 Å². The molecule has 1 aromatic heterocycles. The molecule has 3 aromatic rings. The third-order valence-electron chi connectivity index (χ3n) is 4.54. The molecule has 0 fully saturated rings. The number of anilines is 2. The van der Waals surface area contributed by atoms with Gasteiger partial charge in [-0.05, 0) is 60.5 Å². The average molecular weight is 478 g/mol. The number of carbonyl (C=O) groups excluding carboxylic acids is 1. The number of unbranched alkanes of at least 4 members (excludes halogenated alkanes) is 1. The minimum Gasteiger partial charge on any atom is -0.494 e. The molecule has 10 heteroatoms. The van der Waals surface area contributed by atoms with Crippen molar-refractivity contribution in [3.05, 3.63) is 78.1 Å². The number of aromatic nitrogens is 2. The van der Waals surface area contributed by atoms with Gasteiger partial charge in [-0.1, -0.05) is 25.5 Å². The zero-order chi connectivity index (χ0) is 24.4. The number of rotatable bonds is 10. The maximum absolute atomic E-state index is 12.5. The van der Waals surface area contributed by atoms with E-state index in [-0.39, 0.29) is 16.4 Å². The molecule has 0 aliphatic rings. The Labute approximate surface area is 198 Å². The Morgan fingerprint density at radius 1 is 1.09 bits per heavy atom. The number of hydrogen-bond acceptors (Lipinski definition) is 7. The van der Waals surface area contributed by atoms with Crippen molar-refractivity contribution in [3.63, 3.8) is 0 Å². The third-order valence-corrected chi connectivity index (χ3v) is 5.88. The highest BCUT2D eigenvalue weighted by molar-refractivity contribution is 7.92. The quantitative estimate of drug-likeness (QED) is 0.256. The summed E-state index contributed by atoms with van der Waals surface area (Å²) in [5.74, 6) is 0.0540. The van der Waals surface area contributed by atoms with Gasteiger partial charge in [-0.3, -0.25) is 4.79 Å². The normalized spacial score (nSPS) is 11.4. The molecular formula is C24H23N5O4S. The van der Waals surface area contributed by atoms with Crippen LogP contribution in [0, 0.1) is 11.3 Å². The zero-order valence-electron chi connectivity index (χ0n) is 18.4. The highest BCUT2D eigenvalue weighted by Gasteiger charge is 2.16. The maximum atomic E-state index is 12.5. The van der Waals surface area contributed by atoms with Crippen LogP contribution in [0.15, 0.2) is 77.5 Å². The van der Waals surface area contributed by atoms with Crippen LogP contribution < -0.4 is 14.8 Å². The molecular weight excluding hydrogens is 454 g/mol. The second-order valence-corrected chi connectivity index (χ2v) is 8.78. The van der Waals surface area contributed by atoms with Crippen LogP contribution in [-0.2, 0) is 14.8 Å². The molecule has 9 nitrogen and oxygen atoms in total. The van der Waals surface area contributed by atoms with Crippen molar-refractivity contribution in [2.24, 2.45) is 0 Å². The van der Waals surface area contributed by atoms with Gasteiger partial charge in [0.15, 0.2) is 0 Å². The first-order valence-corrected chi connectivity index (χ1v) is 12.0. The van der Waals surface area contributed by atoms with Gasteiger partial charge in [-0.15, -0.1) is 0 Å². The van der Waals surface area contributed by atoms with Crippen LogP contribution in [0.25, 0.3) is 6.08 Å². The van der Waals surface area contributed by atoms with Crippen molar-refractivity contribution in [1.29, 1.82) is 5.26 Å². The molecule has 34 heavy (non-hydrogen) atoms. The molecule has 0 unspecified atom stereocenters. The first kappa shape index (κ1) is 24.4. The summed E-state index contributed by atoms with van der Waals surface area (Å²) in [6.07, 6.45) is 6.30. The van der Waals surface area contributed by atoms with Gasteiger partial charge in [0, 0.05) is 18.1 Å². The lowest BCUT2D eigenvalue weighted by molar-refractivity contribution is -0.112. The smallest absolute Gasteiger partial charge is 0.266 e. The molecule has 0 atom stereocenters. The number of nitrogens with zero attached hydrogens (tertiary/aromatic N) is 3. The monoisotopic (exact) mass is 477 g/mol. The molecule has 3 rings (SSSR count). The number of nitriles is 1. The summed E-state index contributed by atoms with van der Waals surface area (Å²) in [5.41, 5.74) is 0.908. The summed E-state index contributed by atoms with van der Waals surface area (Å²) in [7, 11) is -3.89. The fourth-order valence-electron chi connectivity index (χ4n) is 2.76. The van der Waals surface area contributed by atoms with E-state index in [1.54, 1.807) is 30.3 Å². The molecule has 174 valence electrons. The lowest BCUT2D eigenvalue weighted by Gasteiger charge is -2.08. The van der Waals surface area contributed by atoms with Crippen LogP contribution in [0.1, 0.15) is 25.3 Å². The van der Waals surface area contributed by atoms with Crippen molar-refractivity contribution in [2.45, 2.75) is 24.7 Å². The van der Waals surface area contributed by atoms with E-state index in [9.17, 15) is 18.5 Å². The van der Waals surface area contributed by atoms with Crippen LogP contribution in [-0.4, -0.2) is 30.9 Å². The van der Waals surface area contributed by atoms with Gasteiger partial charge in [-0.25, -0.2) is 23.1 Å². The van der Waals surface area contributed by atoms with E-state index in [2.05, 4.69) is 26.9 Å². The molecule has 0 radical (unpaired) electrons. The Balaban J connectivity index is 1.65. The standard InChI is InChI=1S/C24H23N5O4S/c1-2-3-15-33-21-9-5-18(6-10-21)16-19(17-25)23(30)28-20-7-11-22(12-8-20)34(31,32)29-24-26-13-4-14-27-24/h4-14,16H,2-3,15H2,1H3,(H,28,30)(H,26,27,29)/b19-16+. The summed E-state index contributed by atoms with van der Waals surface area (Å²) < 4.78 is 32.8. The predicted octanol–water partition coefficient (Wildman–Crippen LogP) is 4.00. The number of ether oxygens (including phenoxy) is 1. The maximum Gasteiger partial charge on any atom is 0.266 e. The summed E-state index contributed by atoms with van der Waals surface area (Å²) in [4.78, 5) is 20.2. The average Bonchev–Trinajstić information content (AvgIpc) is 2.84. The Morgan fingerprint density at radius 3 is 2.38 bits per heavy atom. The lowest BCUT2D eigenvalue weighted by atomic mass is 10.1. The fourth-order valence-corrected chi connectivity index (χ4v) is 3.71. The SMILES string of the molecule is CCCCOc1ccc(/C=C(\C#N)C(=O)Nc2ccc(S(=O)(=O)Nc3ncccn3)cc2)cc1. The van der Waals surface area contributed by atoms with E-state index in [1.807, 2.05) is 6.07 Å². The van der Waals surface area contributed by atoms with Gasteiger partial charge in [-0.2, -0.15) is 5.26 Å². The van der Waals surface area contributed by atoms with E-state index in [0.29, 0.717) is 17.9 Å². The van der Waals surface area contributed by atoms with Gasteiger partial charge >= 0.3 is 0 Å². The minimum atomic E-state index is -3.89. The van der Waals surface area contributed by atoms with Crippen molar-refractivity contribution < 1.29 is 17.9 Å². The third kappa shape index (κ3) is 6.88. The first-order valence-electron chi connectivity index (χ1n) is 10.5. The Morgan fingerprint density at radius 2 is 1.76 bits per heavy atom. The van der Waals surface area contributed by atoms with Gasteiger partial charge in [0.05, 0.1) is 11.5 Å². The van der Waals surface area contributed by atoms with Gasteiger partial charge in [0.2, 0.25) is 5.95 Å². The Kier molecular flexibility index (Phi) is 8.32. The highest BCUT2D eigenvalue weighted by Crippen LogP contribution is 2.18. The number of sulfonamides is 1. The van der Waals surface area contributed by atoms with E-state index >= 15 is 0 Å². The Hall–Kier alpha value is -4.23. The van der Waals surface area contributed by atoms with Crippen molar-refractivity contribution in [1.82, 2.24) is 9.97 Å². The number of carbonyl (C=O) groups is 1. The number of nitrogens with one attached hydrogen (secondary N) is 2. The second-order valence-electron chi connectivity index (χ2n) is 7.10. The predicted molar refractivity (Wildman–Crippen MR) is 128 cm³/mol. The molecule has 2 aromatic carbocycles. The van der Waals surface area contributed by atoms with Crippen LogP contribution in [0.3, 0.4) is 0 Å².